The third-order valence-corrected chi connectivity index (χ3v) is 3.34. The Hall–Kier alpha value is -0.860. The molecule has 1 aromatic rings. The summed E-state index contributed by atoms with van der Waals surface area (Å²) in [6.45, 7) is 8.60. The summed E-state index contributed by atoms with van der Waals surface area (Å²) in [7, 11) is 0. The van der Waals surface area contributed by atoms with Crippen LogP contribution in [0.15, 0.2) is 18.2 Å². The minimum absolute atomic E-state index is 0.285. The van der Waals surface area contributed by atoms with Crippen LogP contribution in [-0.2, 0) is 6.42 Å². The van der Waals surface area contributed by atoms with E-state index in [1.54, 1.807) is 0 Å². The molecule has 0 spiro atoms. The maximum atomic E-state index is 9.08. The zero-order valence-electron chi connectivity index (χ0n) is 11.3. The van der Waals surface area contributed by atoms with Gasteiger partial charge in [0, 0.05) is 13.2 Å². The number of aliphatic hydroxyl groups excluding tert-OH is 1. The molecule has 96 valence electrons. The lowest BCUT2D eigenvalue weighted by atomic mass is 10.0. The lowest BCUT2D eigenvalue weighted by Crippen LogP contribution is -2.26. The van der Waals surface area contributed by atoms with Gasteiger partial charge in [-0.2, -0.15) is 0 Å². The molecule has 1 aromatic carbocycles. The molecule has 0 saturated heterocycles. The van der Waals surface area contributed by atoms with E-state index in [-0.39, 0.29) is 6.61 Å². The maximum Gasteiger partial charge on any atom is 0.0471 e. The Morgan fingerprint density at radius 2 is 2.06 bits per heavy atom. The standard InChI is InChI=1S/C15H25NO/c1-4-14(11-17)10-16-8-7-15-9-12(2)5-6-13(15)3/h5-6,9,14,16-17H,4,7-8,10-11H2,1-3H3. The van der Waals surface area contributed by atoms with E-state index in [0.717, 1.165) is 25.9 Å². The van der Waals surface area contributed by atoms with Gasteiger partial charge in [-0.15, -0.1) is 0 Å². The predicted octanol–water partition coefficient (Wildman–Crippen LogP) is 2.45. The molecule has 2 N–H and O–H groups in total. The van der Waals surface area contributed by atoms with Gasteiger partial charge in [-0.25, -0.2) is 0 Å². The molecule has 0 amide bonds. The first-order chi connectivity index (χ1) is 8.17. The van der Waals surface area contributed by atoms with Crippen LogP contribution in [0.1, 0.15) is 30.0 Å². The maximum absolute atomic E-state index is 9.08. The molecule has 0 aliphatic carbocycles. The fraction of sp³-hybridized carbons (Fsp3) is 0.600. The molecule has 0 aromatic heterocycles. The fourth-order valence-electron chi connectivity index (χ4n) is 1.94. The topological polar surface area (TPSA) is 32.3 Å². The first kappa shape index (κ1) is 14.2. The monoisotopic (exact) mass is 235 g/mol. The summed E-state index contributed by atoms with van der Waals surface area (Å²) in [5.74, 6) is 0.397. The van der Waals surface area contributed by atoms with Gasteiger partial charge in [0.2, 0.25) is 0 Å². The Bertz CT molecular complexity index is 332. The largest absolute Gasteiger partial charge is 0.396 e. The molecule has 0 saturated carbocycles. The molecule has 0 aliphatic heterocycles. The van der Waals surface area contributed by atoms with Crippen LogP contribution in [-0.4, -0.2) is 24.8 Å². The number of hydrogen-bond acceptors (Lipinski definition) is 2. The van der Waals surface area contributed by atoms with Crippen molar-refractivity contribution in [3.8, 4) is 0 Å². The van der Waals surface area contributed by atoms with E-state index < -0.39 is 0 Å². The van der Waals surface area contributed by atoms with Gasteiger partial charge < -0.3 is 10.4 Å². The number of rotatable bonds is 7. The van der Waals surface area contributed by atoms with Gasteiger partial charge in [0.25, 0.3) is 0 Å². The smallest absolute Gasteiger partial charge is 0.0471 e. The molecule has 0 bridgehead atoms. The summed E-state index contributed by atoms with van der Waals surface area (Å²) in [4.78, 5) is 0. The molecule has 0 radical (unpaired) electrons. The van der Waals surface area contributed by atoms with E-state index in [1.165, 1.54) is 16.7 Å². The van der Waals surface area contributed by atoms with Gasteiger partial charge in [-0.05, 0) is 50.3 Å². The number of benzene rings is 1. The molecule has 0 aliphatic rings. The molecular formula is C15H25NO. The Labute approximate surface area is 105 Å². The highest BCUT2D eigenvalue weighted by Gasteiger charge is 2.03. The van der Waals surface area contributed by atoms with E-state index in [1.807, 2.05) is 0 Å². The van der Waals surface area contributed by atoms with Crippen molar-refractivity contribution in [2.45, 2.75) is 33.6 Å². The van der Waals surface area contributed by atoms with Crippen LogP contribution in [0.5, 0.6) is 0 Å². The third-order valence-electron chi connectivity index (χ3n) is 3.34. The average molecular weight is 235 g/mol. The van der Waals surface area contributed by atoms with Crippen LogP contribution in [0, 0.1) is 19.8 Å². The van der Waals surface area contributed by atoms with Crippen molar-refractivity contribution in [3.63, 3.8) is 0 Å². The molecule has 0 heterocycles. The average Bonchev–Trinajstić information content (AvgIpc) is 2.33. The molecule has 0 fully saturated rings. The molecule has 1 rings (SSSR count). The third kappa shape index (κ3) is 4.88. The summed E-state index contributed by atoms with van der Waals surface area (Å²) >= 11 is 0. The van der Waals surface area contributed by atoms with E-state index in [2.05, 4.69) is 44.3 Å². The van der Waals surface area contributed by atoms with Crippen molar-refractivity contribution >= 4 is 0 Å². The Balaban J connectivity index is 2.33. The summed E-state index contributed by atoms with van der Waals surface area (Å²) in [6, 6.07) is 6.61. The van der Waals surface area contributed by atoms with Crippen molar-refractivity contribution in [2.75, 3.05) is 19.7 Å². The molecule has 17 heavy (non-hydrogen) atoms. The fourth-order valence-corrected chi connectivity index (χ4v) is 1.94. The quantitative estimate of drug-likeness (QED) is 0.712. The first-order valence-corrected chi connectivity index (χ1v) is 6.55. The predicted molar refractivity (Wildman–Crippen MR) is 73.4 cm³/mol. The van der Waals surface area contributed by atoms with E-state index in [4.69, 9.17) is 5.11 Å². The summed E-state index contributed by atoms with van der Waals surface area (Å²) in [5, 5.41) is 12.5. The van der Waals surface area contributed by atoms with E-state index in [0.29, 0.717) is 5.92 Å². The normalized spacial score (nSPS) is 12.7. The molecule has 2 heteroatoms. The van der Waals surface area contributed by atoms with Gasteiger partial charge in [0.05, 0.1) is 0 Å². The van der Waals surface area contributed by atoms with Crippen LogP contribution in [0.4, 0.5) is 0 Å². The second-order valence-electron chi connectivity index (χ2n) is 4.84. The molecule has 1 atom stereocenters. The summed E-state index contributed by atoms with van der Waals surface area (Å²) in [6.07, 6.45) is 2.10. The number of aliphatic hydroxyl groups is 1. The van der Waals surface area contributed by atoms with Gasteiger partial charge in [-0.1, -0.05) is 30.7 Å². The lowest BCUT2D eigenvalue weighted by Gasteiger charge is -2.13. The Morgan fingerprint density at radius 1 is 1.29 bits per heavy atom. The molecule has 2 nitrogen and oxygen atoms in total. The van der Waals surface area contributed by atoms with Crippen molar-refractivity contribution < 1.29 is 5.11 Å². The van der Waals surface area contributed by atoms with Gasteiger partial charge in [0.15, 0.2) is 0 Å². The lowest BCUT2D eigenvalue weighted by molar-refractivity contribution is 0.219. The van der Waals surface area contributed by atoms with E-state index >= 15 is 0 Å². The van der Waals surface area contributed by atoms with Crippen LogP contribution in [0.25, 0.3) is 0 Å². The van der Waals surface area contributed by atoms with Crippen molar-refractivity contribution in [1.29, 1.82) is 0 Å². The van der Waals surface area contributed by atoms with Crippen LogP contribution in [0.2, 0.25) is 0 Å². The zero-order valence-corrected chi connectivity index (χ0v) is 11.3. The van der Waals surface area contributed by atoms with Crippen molar-refractivity contribution in [2.24, 2.45) is 5.92 Å². The molecule has 1 unspecified atom stereocenters. The molecular weight excluding hydrogens is 210 g/mol. The minimum atomic E-state index is 0.285. The number of hydrogen-bond donors (Lipinski definition) is 2. The van der Waals surface area contributed by atoms with Crippen LogP contribution >= 0.6 is 0 Å². The number of aryl methyl sites for hydroxylation is 2. The van der Waals surface area contributed by atoms with Crippen molar-refractivity contribution in [3.05, 3.63) is 34.9 Å². The Morgan fingerprint density at radius 3 is 2.71 bits per heavy atom. The zero-order chi connectivity index (χ0) is 12.7. The summed E-state index contributed by atoms with van der Waals surface area (Å²) < 4.78 is 0. The Kier molecular flexibility index (Phi) is 6.23. The number of nitrogens with one attached hydrogen (secondary N) is 1. The van der Waals surface area contributed by atoms with Gasteiger partial charge in [-0.3, -0.25) is 0 Å². The van der Waals surface area contributed by atoms with Crippen molar-refractivity contribution in [1.82, 2.24) is 5.32 Å². The van der Waals surface area contributed by atoms with Crippen LogP contribution < -0.4 is 5.32 Å². The second kappa shape index (κ2) is 7.46. The van der Waals surface area contributed by atoms with Crippen LogP contribution in [0.3, 0.4) is 0 Å². The highest BCUT2D eigenvalue weighted by molar-refractivity contribution is 5.30. The van der Waals surface area contributed by atoms with Gasteiger partial charge >= 0.3 is 0 Å². The minimum Gasteiger partial charge on any atom is -0.396 e. The second-order valence-corrected chi connectivity index (χ2v) is 4.84. The SMILES string of the molecule is CCC(CO)CNCCc1cc(C)ccc1C. The van der Waals surface area contributed by atoms with E-state index in [9.17, 15) is 0 Å². The highest BCUT2D eigenvalue weighted by Crippen LogP contribution is 2.10. The first-order valence-electron chi connectivity index (χ1n) is 6.55. The summed E-state index contributed by atoms with van der Waals surface area (Å²) in [5.41, 5.74) is 4.12. The highest BCUT2D eigenvalue weighted by atomic mass is 16.3. The van der Waals surface area contributed by atoms with Gasteiger partial charge in [0.1, 0.15) is 0 Å².